The average Bonchev–Trinajstić information content (AvgIpc) is 2.69. The van der Waals surface area contributed by atoms with Crippen LogP contribution >= 0.6 is 0 Å². The minimum Gasteiger partial charge on any atom is -0.477 e. The lowest BCUT2D eigenvalue weighted by atomic mass is 10.0. The van der Waals surface area contributed by atoms with Gasteiger partial charge in [-0.2, -0.15) is 0 Å². The maximum atomic E-state index is 12.0. The second-order valence-corrected chi connectivity index (χ2v) is 4.29. The smallest absolute Gasteiger partial charge is 0.354 e. The molecule has 0 aliphatic carbocycles. The zero-order valence-electron chi connectivity index (χ0n) is 11.0. The monoisotopic (exact) mass is 254 g/mol. The molecule has 0 aromatic carbocycles. The number of aromatic nitrogens is 1. The molecule has 1 atom stereocenters. The lowest BCUT2D eigenvalue weighted by Gasteiger charge is -2.25. The number of anilines is 1. The van der Waals surface area contributed by atoms with E-state index in [-0.39, 0.29) is 17.3 Å². The summed E-state index contributed by atoms with van der Waals surface area (Å²) < 4.78 is 5.16. The Morgan fingerprint density at radius 3 is 2.61 bits per heavy atom. The van der Waals surface area contributed by atoms with Crippen LogP contribution in [0.15, 0.2) is 6.07 Å². The fourth-order valence-electron chi connectivity index (χ4n) is 1.51. The van der Waals surface area contributed by atoms with Crippen molar-refractivity contribution in [3.8, 4) is 0 Å². The Labute approximate surface area is 105 Å². The van der Waals surface area contributed by atoms with Crippen LogP contribution in [0.4, 0.5) is 5.69 Å². The van der Waals surface area contributed by atoms with Crippen LogP contribution in [0, 0.1) is 6.92 Å². The minimum atomic E-state index is -1.12. The van der Waals surface area contributed by atoms with Crippen LogP contribution in [0.1, 0.15) is 36.5 Å². The number of hydrogen-bond acceptors (Lipinski definition) is 3. The summed E-state index contributed by atoms with van der Waals surface area (Å²) in [4.78, 5) is 25.7. The number of carbonyl (C=O) groups excluding carboxylic acids is 1. The van der Waals surface area contributed by atoms with E-state index in [4.69, 9.17) is 9.84 Å². The first-order chi connectivity index (χ1) is 8.34. The molecule has 1 aromatic rings. The predicted octanol–water partition coefficient (Wildman–Crippen LogP) is 1.77. The first-order valence-electron chi connectivity index (χ1n) is 5.63. The third-order valence-corrected chi connectivity index (χ3v) is 3.02. The second kappa shape index (κ2) is 5.22. The second-order valence-electron chi connectivity index (χ2n) is 4.29. The van der Waals surface area contributed by atoms with Crippen molar-refractivity contribution in [2.75, 3.05) is 12.4 Å². The molecule has 0 bridgehead atoms. The summed E-state index contributed by atoms with van der Waals surface area (Å²) >= 11 is 0. The number of H-pyrrole nitrogens is 1. The highest BCUT2D eigenvalue weighted by Crippen LogP contribution is 2.21. The van der Waals surface area contributed by atoms with E-state index in [9.17, 15) is 9.59 Å². The quantitative estimate of drug-likeness (QED) is 0.746. The van der Waals surface area contributed by atoms with Gasteiger partial charge in [-0.25, -0.2) is 4.79 Å². The number of ether oxygens (including phenoxy) is 1. The number of methoxy groups -OCH3 is 1. The summed E-state index contributed by atoms with van der Waals surface area (Å²) in [5.41, 5.74) is -0.0866. The molecular formula is C12H18N2O4. The van der Waals surface area contributed by atoms with Crippen molar-refractivity contribution in [3.05, 3.63) is 17.5 Å². The molecule has 0 spiro atoms. The average molecular weight is 254 g/mol. The van der Waals surface area contributed by atoms with Crippen LogP contribution in [-0.2, 0) is 9.53 Å². The molecule has 1 heterocycles. The van der Waals surface area contributed by atoms with E-state index in [2.05, 4.69) is 10.3 Å². The summed E-state index contributed by atoms with van der Waals surface area (Å²) in [6.45, 7) is 5.20. The molecule has 6 heteroatoms. The van der Waals surface area contributed by atoms with E-state index in [0.717, 1.165) is 0 Å². The van der Waals surface area contributed by atoms with Crippen LogP contribution < -0.4 is 5.32 Å². The molecule has 0 saturated carbocycles. The summed E-state index contributed by atoms with van der Waals surface area (Å²) in [6, 6.07) is 1.58. The number of carbonyl (C=O) groups is 2. The summed E-state index contributed by atoms with van der Waals surface area (Å²) in [7, 11) is 1.45. The number of aromatic carboxylic acids is 1. The van der Waals surface area contributed by atoms with E-state index in [1.54, 1.807) is 19.9 Å². The molecule has 0 aliphatic heterocycles. The zero-order valence-corrected chi connectivity index (χ0v) is 11.0. The molecule has 100 valence electrons. The highest BCUT2D eigenvalue weighted by molar-refractivity contribution is 6.02. The molecule has 0 radical (unpaired) electrons. The third kappa shape index (κ3) is 2.70. The van der Waals surface area contributed by atoms with Crippen LogP contribution in [0.2, 0.25) is 0 Å². The van der Waals surface area contributed by atoms with E-state index in [1.165, 1.54) is 7.11 Å². The van der Waals surface area contributed by atoms with Gasteiger partial charge in [0.15, 0.2) is 0 Å². The largest absolute Gasteiger partial charge is 0.477 e. The van der Waals surface area contributed by atoms with Crippen molar-refractivity contribution < 1.29 is 19.4 Å². The van der Waals surface area contributed by atoms with Gasteiger partial charge in [0.1, 0.15) is 11.3 Å². The highest BCUT2D eigenvalue weighted by atomic mass is 16.5. The fourth-order valence-corrected chi connectivity index (χ4v) is 1.51. The number of carboxylic acid groups (broad SMARTS) is 1. The number of hydrogen-bond donors (Lipinski definition) is 3. The summed E-state index contributed by atoms with van der Waals surface area (Å²) in [6.07, 6.45) is 0.487. The highest BCUT2D eigenvalue weighted by Gasteiger charge is 2.32. The van der Waals surface area contributed by atoms with Gasteiger partial charge in [0.05, 0.1) is 5.69 Å². The SMILES string of the molecule is CCC(C)(OC)C(=O)Nc1cc(C)[nH]c1C(=O)O. The number of carboxylic acids is 1. The Bertz CT molecular complexity index is 461. The molecule has 18 heavy (non-hydrogen) atoms. The zero-order chi connectivity index (χ0) is 13.9. The van der Waals surface area contributed by atoms with Gasteiger partial charge in [-0.15, -0.1) is 0 Å². The molecule has 3 N–H and O–H groups in total. The van der Waals surface area contributed by atoms with E-state index < -0.39 is 11.6 Å². The van der Waals surface area contributed by atoms with Crippen LogP contribution in [0.25, 0.3) is 0 Å². The van der Waals surface area contributed by atoms with Crippen molar-refractivity contribution >= 4 is 17.6 Å². The molecule has 6 nitrogen and oxygen atoms in total. The Balaban J connectivity index is 2.98. The van der Waals surface area contributed by atoms with E-state index in [0.29, 0.717) is 12.1 Å². The third-order valence-electron chi connectivity index (χ3n) is 3.02. The molecule has 1 amide bonds. The first-order valence-corrected chi connectivity index (χ1v) is 5.63. The van der Waals surface area contributed by atoms with Crippen molar-refractivity contribution in [1.82, 2.24) is 4.98 Å². The Morgan fingerprint density at radius 2 is 2.17 bits per heavy atom. The maximum Gasteiger partial charge on any atom is 0.354 e. The number of aromatic amines is 1. The topological polar surface area (TPSA) is 91.4 Å². The maximum absolute atomic E-state index is 12.0. The Morgan fingerprint density at radius 1 is 1.56 bits per heavy atom. The van der Waals surface area contributed by atoms with Crippen LogP contribution in [0.5, 0.6) is 0 Å². The first kappa shape index (κ1) is 14.2. The number of rotatable bonds is 5. The van der Waals surface area contributed by atoms with E-state index in [1.807, 2.05) is 6.92 Å². The molecule has 0 saturated heterocycles. The molecule has 0 fully saturated rings. The molecule has 1 aromatic heterocycles. The number of amides is 1. The summed E-state index contributed by atoms with van der Waals surface area (Å²) in [5, 5.41) is 11.6. The van der Waals surface area contributed by atoms with Crippen LogP contribution in [-0.4, -0.2) is 34.7 Å². The van der Waals surface area contributed by atoms with Gasteiger partial charge in [0, 0.05) is 12.8 Å². The Hall–Kier alpha value is -1.82. The molecule has 1 unspecified atom stereocenters. The fraction of sp³-hybridized carbons (Fsp3) is 0.500. The van der Waals surface area contributed by atoms with Crippen molar-refractivity contribution in [3.63, 3.8) is 0 Å². The van der Waals surface area contributed by atoms with Gasteiger partial charge in [-0.1, -0.05) is 6.92 Å². The lowest BCUT2D eigenvalue weighted by Crippen LogP contribution is -2.41. The normalized spacial score (nSPS) is 14.0. The molecule has 1 rings (SSSR count). The van der Waals surface area contributed by atoms with Crippen molar-refractivity contribution in [2.45, 2.75) is 32.8 Å². The van der Waals surface area contributed by atoms with Crippen LogP contribution in [0.3, 0.4) is 0 Å². The number of nitrogens with one attached hydrogen (secondary N) is 2. The minimum absolute atomic E-state index is 0.0320. The van der Waals surface area contributed by atoms with Crippen molar-refractivity contribution in [1.29, 1.82) is 0 Å². The lowest BCUT2D eigenvalue weighted by molar-refractivity contribution is -0.136. The molecular weight excluding hydrogens is 236 g/mol. The standard InChI is InChI=1S/C12H18N2O4/c1-5-12(3,18-4)11(17)14-8-6-7(2)13-9(8)10(15)16/h6,13H,5H2,1-4H3,(H,14,17)(H,15,16). The van der Waals surface area contributed by atoms with Gasteiger partial charge in [0.25, 0.3) is 5.91 Å². The van der Waals surface area contributed by atoms with Gasteiger partial charge in [-0.05, 0) is 26.3 Å². The van der Waals surface area contributed by atoms with Gasteiger partial charge in [0.2, 0.25) is 0 Å². The molecule has 0 aliphatic rings. The van der Waals surface area contributed by atoms with E-state index >= 15 is 0 Å². The summed E-state index contributed by atoms with van der Waals surface area (Å²) in [5.74, 6) is -1.48. The number of aryl methyl sites for hydroxylation is 1. The van der Waals surface area contributed by atoms with Crippen molar-refractivity contribution in [2.24, 2.45) is 0 Å². The van der Waals surface area contributed by atoms with Gasteiger partial charge in [-0.3, -0.25) is 4.79 Å². The Kier molecular flexibility index (Phi) is 4.13. The predicted molar refractivity (Wildman–Crippen MR) is 66.8 cm³/mol. The van der Waals surface area contributed by atoms with Gasteiger partial charge < -0.3 is 20.1 Å². The van der Waals surface area contributed by atoms with Gasteiger partial charge >= 0.3 is 5.97 Å².